The largest absolute Gasteiger partial charge is 0.337 e. The highest BCUT2D eigenvalue weighted by Gasteiger charge is 2.21. The van der Waals surface area contributed by atoms with Crippen molar-refractivity contribution in [2.75, 3.05) is 11.1 Å². The highest BCUT2D eigenvalue weighted by Crippen LogP contribution is 2.26. The van der Waals surface area contributed by atoms with Crippen LogP contribution in [-0.4, -0.2) is 44.7 Å². The molecule has 0 fully saturated rings. The van der Waals surface area contributed by atoms with E-state index in [1.54, 1.807) is 6.07 Å². The van der Waals surface area contributed by atoms with E-state index in [2.05, 4.69) is 15.5 Å². The molecule has 1 aromatic carbocycles. The first-order chi connectivity index (χ1) is 12.3. The number of rotatable bonds is 7. The number of thioether (sulfide) groups is 1. The number of hydrogen-bond acceptors (Lipinski definition) is 6. The van der Waals surface area contributed by atoms with Gasteiger partial charge in [0.05, 0.1) is 11.3 Å². The summed E-state index contributed by atoms with van der Waals surface area (Å²) in [6.45, 7) is 7.90. The van der Waals surface area contributed by atoms with E-state index >= 15 is 0 Å². The van der Waals surface area contributed by atoms with Gasteiger partial charge in [-0.25, -0.2) is 4.39 Å². The van der Waals surface area contributed by atoms with Crippen molar-refractivity contribution >= 4 is 40.0 Å². The quantitative estimate of drug-likeness (QED) is 0.571. The normalized spacial score (nSPS) is 11.0. The Morgan fingerprint density at radius 3 is 2.46 bits per heavy atom. The molecule has 1 N–H and O–H groups in total. The Bertz CT molecular complexity index is 772. The lowest BCUT2D eigenvalue weighted by molar-refractivity contribution is -0.131. The van der Waals surface area contributed by atoms with Crippen LogP contribution in [0.4, 0.5) is 9.52 Å². The molecule has 0 aliphatic heterocycles. The van der Waals surface area contributed by atoms with Gasteiger partial charge in [-0.15, -0.1) is 10.2 Å². The smallest absolute Gasteiger partial charge is 0.260 e. The lowest BCUT2D eigenvalue weighted by Crippen LogP contribution is -2.43. The lowest BCUT2D eigenvalue weighted by Gasteiger charge is -2.30. The first kappa shape index (κ1) is 20.3. The van der Waals surface area contributed by atoms with E-state index < -0.39 is 11.7 Å². The van der Waals surface area contributed by atoms with Gasteiger partial charge in [-0.2, -0.15) is 0 Å². The predicted molar refractivity (Wildman–Crippen MR) is 102 cm³/mol. The number of hydrogen-bond donors (Lipinski definition) is 1. The van der Waals surface area contributed by atoms with Crippen LogP contribution in [-0.2, 0) is 4.79 Å². The maximum absolute atomic E-state index is 13.6. The third-order valence-electron chi connectivity index (χ3n) is 3.47. The highest BCUT2D eigenvalue weighted by atomic mass is 32.2. The number of anilines is 1. The van der Waals surface area contributed by atoms with Gasteiger partial charge in [0.2, 0.25) is 11.0 Å². The van der Waals surface area contributed by atoms with E-state index in [4.69, 9.17) is 0 Å². The number of nitrogens with zero attached hydrogens (tertiary/aromatic N) is 3. The molecule has 0 spiro atoms. The summed E-state index contributed by atoms with van der Waals surface area (Å²) in [6, 6.07) is 5.95. The molecule has 26 heavy (non-hydrogen) atoms. The minimum atomic E-state index is -0.600. The van der Waals surface area contributed by atoms with Crippen LogP contribution < -0.4 is 5.32 Å². The zero-order valence-corrected chi connectivity index (χ0v) is 16.7. The fourth-order valence-electron chi connectivity index (χ4n) is 2.50. The van der Waals surface area contributed by atoms with Crippen LogP contribution in [0.15, 0.2) is 28.6 Å². The maximum Gasteiger partial charge on any atom is 0.260 e. The molecule has 1 heterocycles. The standard InChI is InChI=1S/C17H21FN4O2S2/c1-10(2)22(11(3)4)14(23)9-25-17-21-20-16(26-17)19-15(24)12-7-5-6-8-13(12)18/h5-8,10-11H,9H2,1-4H3,(H,19,20,24). The van der Waals surface area contributed by atoms with E-state index in [9.17, 15) is 14.0 Å². The second-order valence-electron chi connectivity index (χ2n) is 6.08. The minimum Gasteiger partial charge on any atom is -0.337 e. The van der Waals surface area contributed by atoms with Crippen molar-refractivity contribution in [1.82, 2.24) is 15.1 Å². The molecule has 2 amide bonds. The summed E-state index contributed by atoms with van der Waals surface area (Å²) in [5.74, 6) is -0.923. The molecule has 1 aromatic heterocycles. The Morgan fingerprint density at radius 2 is 1.85 bits per heavy atom. The third-order valence-corrected chi connectivity index (χ3v) is 5.42. The average molecular weight is 397 g/mol. The van der Waals surface area contributed by atoms with Gasteiger partial charge in [0, 0.05) is 12.1 Å². The predicted octanol–water partition coefficient (Wildman–Crippen LogP) is 3.67. The van der Waals surface area contributed by atoms with Crippen LogP contribution in [0.25, 0.3) is 0 Å². The number of halogens is 1. The summed E-state index contributed by atoms with van der Waals surface area (Å²) >= 11 is 2.41. The van der Waals surface area contributed by atoms with Crippen LogP contribution in [0.3, 0.4) is 0 Å². The SMILES string of the molecule is CC(C)N(C(=O)CSc1nnc(NC(=O)c2ccccc2F)s1)C(C)C. The van der Waals surface area contributed by atoms with Gasteiger partial charge in [0.1, 0.15) is 5.82 Å². The van der Waals surface area contributed by atoms with Gasteiger partial charge in [0.25, 0.3) is 5.91 Å². The minimum absolute atomic E-state index is 0.0205. The monoisotopic (exact) mass is 396 g/mol. The number of nitrogens with one attached hydrogen (secondary N) is 1. The van der Waals surface area contributed by atoms with Crippen LogP contribution in [0.5, 0.6) is 0 Å². The number of aromatic nitrogens is 2. The molecule has 140 valence electrons. The fraction of sp³-hybridized carbons (Fsp3) is 0.412. The molecule has 0 aliphatic rings. The van der Waals surface area contributed by atoms with E-state index in [0.717, 1.165) is 11.3 Å². The van der Waals surface area contributed by atoms with Gasteiger partial charge in [-0.05, 0) is 39.8 Å². The first-order valence-electron chi connectivity index (χ1n) is 8.13. The summed E-state index contributed by atoms with van der Waals surface area (Å²) in [4.78, 5) is 26.2. The van der Waals surface area contributed by atoms with Crippen molar-refractivity contribution in [3.8, 4) is 0 Å². The second kappa shape index (κ2) is 9.09. The van der Waals surface area contributed by atoms with E-state index in [1.807, 2.05) is 32.6 Å². The maximum atomic E-state index is 13.6. The van der Waals surface area contributed by atoms with Gasteiger partial charge in [-0.1, -0.05) is 35.2 Å². The van der Waals surface area contributed by atoms with E-state index in [0.29, 0.717) is 4.34 Å². The summed E-state index contributed by atoms with van der Waals surface area (Å²) in [6.07, 6.45) is 0. The third kappa shape index (κ3) is 5.25. The Hall–Kier alpha value is -2.00. The molecular weight excluding hydrogens is 375 g/mol. The molecule has 6 nitrogen and oxygen atoms in total. The molecule has 0 bridgehead atoms. The highest BCUT2D eigenvalue weighted by molar-refractivity contribution is 8.01. The molecular formula is C17H21FN4O2S2. The van der Waals surface area contributed by atoms with Crippen molar-refractivity contribution in [3.63, 3.8) is 0 Å². The number of benzene rings is 1. The van der Waals surface area contributed by atoms with Crippen LogP contribution >= 0.6 is 23.1 Å². The molecule has 0 saturated carbocycles. The van der Waals surface area contributed by atoms with Crippen molar-refractivity contribution in [3.05, 3.63) is 35.6 Å². The number of carbonyl (C=O) groups is 2. The Kier molecular flexibility index (Phi) is 7.10. The molecule has 9 heteroatoms. The van der Waals surface area contributed by atoms with E-state index in [-0.39, 0.29) is 34.4 Å². The molecule has 0 saturated heterocycles. The first-order valence-corrected chi connectivity index (χ1v) is 9.93. The van der Waals surface area contributed by atoms with Crippen LogP contribution in [0.2, 0.25) is 0 Å². The van der Waals surface area contributed by atoms with Gasteiger partial charge in [0.15, 0.2) is 4.34 Å². The fourth-order valence-corrected chi connectivity index (χ4v) is 4.11. The van der Waals surface area contributed by atoms with Gasteiger partial charge in [-0.3, -0.25) is 14.9 Å². The van der Waals surface area contributed by atoms with Crippen molar-refractivity contribution < 1.29 is 14.0 Å². The summed E-state index contributed by atoms with van der Waals surface area (Å²) in [7, 11) is 0. The Labute approximate surface area is 160 Å². The van der Waals surface area contributed by atoms with Crippen molar-refractivity contribution in [2.45, 2.75) is 44.1 Å². The molecule has 2 rings (SSSR count). The molecule has 0 radical (unpaired) electrons. The summed E-state index contributed by atoms with van der Waals surface area (Å²) in [5.41, 5.74) is -0.0587. The van der Waals surface area contributed by atoms with E-state index in [1.165, 1.54) is 30.0 Å². The summed E-state index contributed by atoms with van der Waals surface area (Å²) in [5, 5.41) is 10.6. The van der Waals surface area contributed by atoms with Gasteiger partial charge >= 0.3 is 0 Å². The molecule has 0 atom stereocenters. The molecule has 2 aromatic rings. The van der Waals surface area contributed by atoms with Crippen LogP contribution in [0, 0.1) is 5.82 Å². The van der Waals surface area contributed by atoms with Crippen LogP contribution in [0.1, 0.15) is 38.1 Å². The Morgan fingerprint density at radius 1 is 1.19 bits per heavy atom. The zero-order valence-electron chi connectivity index (χ0n) is 15.0. The van der Waals surface area contributed by atoms with Crippen molar-refractivity contribution in [1.29, 1.82) is 0 Å². The number of amides is 2. The lowest BCUT2D eigenvalue weighted by atomic mass is 10.2. The second-order valence-corrected chi connectivity index (χ2v) is 8.28. The van der Waals surface area contributed by atoms with Gasteiger partial charge < -0.3 is 4.90 Å². The Balaban J connectivity index is 1.95. The average Bonchev–Trinajstić information content (AvgIpc) is 3.00. The topological polar surface area (TPSA) is 75.2 Å². The molecule has 0 unspecified atom stereocenters. The number of carbonyl (C=O) groups excluding carboxylic acids is 2. The van der Waals surface area contributed by atoms with Crippen molar-refractivity contribution in [2.24, 2.45) is 0 Å². The molecule has 0 aliphatic carbocycles. The zero-order chi connectivity index (χ0) is 19.3. The summed E-state index contributed by atoms with van der Waals surface area (Å²) < 4.78 is 14.2.